The van der Waals surface area contributed by atoms with Gasteiger partial charge in [0, 0.05) is 10.7 Å². The lowest BCUT2D eigenvalue weighted by molar-refractivity contribution is 0.0924. The van der Waals surface area contributed by atoms with Gasteiger partial charge in [-0.05, 0) is 36.8 Å². The van der Waals surface area contributed by atoms with Gasteiger partial charge in [-0.1, -0.05) is 22.0 Å². The van der Waals surface area contributed by atoms with Gasteiger partial charge in [0.2, 0.25) is 0 Å². The fraction of sp³-hybridized carbons (Fsp3) is 0.0714. The van der Waals surface area contributed by atoms with E-state index in [0.717, 1.165) is 14.9 Å². The molecule has 0 bridgehead atoms. The molecular weight excluding hydrogens is 308 g/mol. The predicted molar refractivity (Wildman–Crippen MR) is 74.3 cm³/mol. The Kier molecular flexibility index (Phi) is 2.71. The molecule has 2 heterocycles. The van der Waals surface area contributed by atoms with Gasteiger partial charge in [-0.3, -0.25) is 14.6 Å². The lowest BCUT2D eigenvalue weighted by Crippen LogP contribution is -2.29. The van der Waals surface area contributed by atoms with Crippen molar-refractivity contribution in [2.45, 2.75) is 6.92 Å². The van der Waals surface area contributed by atoms with Crippen molar-refractivity contribution < 1.29 is 9.59 Å². The van der Waals surface area contributed by atoms with Crippen LogP contribution >= 0.6 is 15.9 Å². The molecule has 4 nitrogen and oxygen atoms in total. The number of amides is 2. The van der Waals surface area contributed by atoms with Gasteiger partial charge in [0.05, 0.1) is 11.3 Å². The smallest absolute Gasteiger partial charge is 0.268 e. The number of nitrogens with zero attached hydrogens (tertiary/aromatic N) is 2. The van der Waals surface area contributed by atoms with E-state index in [2.05, 4.69) is 20.9 Å². The van der Waals surface area contributed by atoms with Crippen LogP contribution in [0.5, 0.6) is 0 Å². The predicted octanol–water partition coefficient (Wildman–Crippen LogP) is 2.95. The number of aromatic nitrogens is 1. The number of aryl methyl sites for hydroxylation is 1. The number of carbonyl (C=O) groups is 2. The van der Waals surface area contributed by atoms with E-state index < -0.39 is 0 Å². The average molecular weight is 317 g/mol. The Hall–Kier alpha value is -2.01. The number of benzene rings is 1. The summed E-state index contributed by atoms with van der Waals surface area (Å²) >= 11 is 3.40. The number of halogens is 1. The summed E-state index contributed by atoms with van der Waals surface area (Å²) in [5.41, 5.74) is 2.15. The maximum Gasteiger partial charge on any atom is 0.284 e. The first-order valence-electron chi connectivity index (χ1n) is 5.69. The van der Waals surface area contributed by atoms with Gasteiger partial charge < -0.3 is 0 Å². The Bertz CT molecular complexity index is 677. The molecule has 0 unspecified atom stereocenters. The highest BCUT2D eigenvalue weighted by Crippen LogP contribution is 2.30. The van der Waals surface area contributed by atoms with Gasteiger partial charge >= 0.3 is 0 Å². The van der Waals surface area contributed by atoms with E-state index in [-0.39, 0.29) is 17.5 Å². The number of pyridine rings is 1. The second-order valence-corrected chi connectivity index (χ2v) is 5.13. The molecule has 1 aliphatic rings. The van der Waals surface area contributed by atoms with Gasteiger partial charge in [0.1, 0.15) is 5.69 Å². The quantitative estimate of drug-likeness (QED) is 0.760. The maximum absolute atomic E-state index is 12.3. The molecule has 1 aromatic carbocycles. The molecule has 1 aliphatic heterocycles. The number of fused-ring (bicyclic) bond motifs is 1. The van der Waals surface area contributed by atoms with E-state index in [0.29, 0.717) is 11.3 Å². The summed E-state index contributed by atoms with van der Waals surface area (Å²) in [6.45, 7) is 1.94. The largest absolute Gasteiger partial charge is 0.284 e. The zero-order valence-electron chi connectivity index (χ0n) is 10.1. The number of carbonyl (C=O) groups excluding carboxylic acids is 2. The SMILES string of the molecule is Cc1ccc(N2C(=O)c3cccnc3C2=O)cc1Br. The summed E-state index contributed by atoms with van der Waals surface area (Å²) in [5, 5.41) is 0. The normalized spacial score (nSPS) is 13.9. The van der Waals surface area contributed by atoms with E-state index in [1.807, 2.05) is 13.0 Å². The minimum atomic E-state index is -0.378. The molecule has 0 N–H and O–H groups in total. The van der Waals surface area contributed by atoms with Crippen molar-refractivity contribution in [3.63, 3.8) is 0 Å². The van der Waals surface area contributed by atoms with Crippen molar-refractivity contribution in [1.29, 1.82) is 0 Å². The molecule has 1 aromatic heterocycles. The maximum atomic E-state index is 12.3. The van der Waals surface area contributed by atoms with E-state index >= 15 is 0 Å². The minimum absolute atomic E-state index is 0.212. The number of anilines is 1. The van der Waals surface area contributed by atoms with Crippen LogP contribution in [0.15, 0.2) is 41.0 Å². The monoisotopic (exact) mass is 316 g/mol. The molecule has 0 fully saturated rings. The summed E-state index contributed by atoms with van der Waals surface area (Å²) in [6, 6.07) is 8.64. The van der Waals surface area contributed by atoms with Crippen LogP contribution < -0.4 is 4.90 Å². The molecule has 2 aromatic rings. The Balaban J connectivity index is 2.11. The average Bonchev–Trinajstić information content (AvgIpc) is 2.66. The summed E-state index contributed by atoms with van der Waals surface area (Å²) in [5.74, 6) is -0.708. The number of rotatable bonds is 1. The van der Waals surface area contributed by atoms with E-state index in [1.165, 1.54) is 6.20 Å². The van der Waals surface area contributed by atoms with Crippen LogP contribution in [0.3, 0.4) is 0 Å². The van der Waals surface area contributed by atoms with Gasteiger partial charge in [0.15, 0.2) is 0 Å². The molecule has 3 rings (SSSR count). The zero-order valence-corrected chi connectivity index (χ0v) is 11.6. The fourth-order valence-corrected chi connectivity index (χ4v) is 2.39. The first-order valence-corrected chi connectivity index (χ1v) is 6.49. The van der Waals surface area contributed by atoms with E-state index in [4.69, 9.17) is 0 Å². The van der Waals surface area contributed by atoms with Crippen molar-refractivity contribution in [2.75, 3.05) is 4.90 Å². The summed E-state index contributed by atoms with van der Waals surface area (Å²) in [7, 11) is 0. The Morgan fingerprint density at radius 3 is 2.63 bits per heavy atom. The first-order chi connectivity index (χ1) is 9.09. The highest BCUT2D eigenvalue weighted by molar-refractivity contribution is 9.10. The highest BCUT2D eigenvalue weighted by Gasteiger charge is 2.37. The van der Waals surface area contributed by atoms with Crippen molar-refractivity contribution in [1.82, 2.24) is 4.98 Å². The third-order valence-corrected chi connectivity index (χ3v) is 3.91. The summed E-state index contributed by atoms with van der Waals surface area (Å²) < 4.78 is 0.856. The molecule has 0 aliphatic carbocycles. The van der Waals surface area contributed by atoms with Crippen LogP contribution in [0.25, 0.3) is 0 Å². The van der Waals surface area contributed by atoms with Crippen LogP contribution in [0, 0.1) is 6.92 Å². The molecule has 0 saturated carbocycles. The Labute approximate surface area is 118 Å². The Morgan fingerprint density at radius 1 is 1.16 bits per heavy atom. The summed E-state index contributed by atoms with van der Waals surface area (Å²) in [4.78, 5) is 29.6. The second kappa shape index (κ2) is 4.28. The van der Waals surface area contributed by atoms with Crippen molar-refractivity contribution in [2.24, 2.45) is 0 Å². The first kappa shape index (κ1) is 12.0. The molecule has 0 atom stereocenters. The number of hydrogen-bond acceptors (Lipinski definition) is 3. The highest BCUT2D eigenvalue weighted by atomic mass is 79.9. The van der Waals surface area contributed by atoms with Crippen molar-refractivity contribution >= 4 is 33.4 Å². The van der Waals surface area contributed by atoms with Crippen molar-refractivity contribution in [3.8, 4) is 0 Å². The van der Waals surface area contributed by atoms with Crippen molar-refractivity contribution in [3.05, 3.63) is 57.8 Å². The lowest BCUT2D eigenvalue weighted by Gasteiger charge is -2.14. The Morgan fingerprint density at radius 2 is 1.95 bits per heavy atom. The van der Waals surface area contributed by atoms with Crippen LogP contribution in [0.2, 0.25) is 0 Å². The third-order valence-electron chi connectivity index (χ3n) is 3.06. The van der Waals surface area contributed by atoms with E-state index in [9.17, 15) is 9.59 Å². The molecule has 0 saturated heterocycles. The number of hydrogen-bond donors (Lipinski definition) is 0. The molecule has 0 radical (unpaired) electrons. The lowest BCUT2D eigenvalue weighted by atomic mass is 10.2. The second-order valence-electron chi connectivity index (χ2n) is 4.28. The molecule has 5 heteroatoms. The fourth-order valence-electron chi connectivity index (χ4n) is 2.02. The van der Waals surface area contributed by atoms with Gasteiger partial charge in [0.25, 0.3) is 11.8 Å². The number of imide groups is 1. The van der Waals surface area contributed by atoms with Gasteiger partial charge in [-0.2, -0.15) is 0 Å². The molecule has 19 heavy (non-hydrogen) atoms. The molecule has 2 amide bonds. The minimum Gasteiger partial charge on any atom is -0.268 e. The van der Waals surface area contributed by atoms with Crippen LogP contribution in [-0.2, 0) is 0 Å². The summed E-state index contributed by atoms with van der Waals surface area (Å²) in [6.07, 6.45) is 1.51. The molecule has 0 spiro atoms. The van der Waals surface area contributed by atoms with Gasteiger partial charge in [-0.25, -0.2) is 4.90 Å². The topological polar surface area (TPSA) is 50.3 Å². The standard InChI is InChI=1S/C14H9BrN2O2/c1-8-4-5-9(7-11(8)15)17-13(18)10-3-2-6-16-12(10)14(17)19/h2-7H,1H3. The third kappa shape index (κ3) is 1.77. The van der Waals surface area contributed by atoms with Crippen LogP contribution in [-0.4, -0.2) is 16.8 Å². The van der Waals surface area contributed by atoms with Crippen LogP contribution in [0.1, 0.15) is 26.4 Å². The zero-order chi connectivity index (χ0) is 13.6. The van der Waals surface area contributed by atoms with Gasteiger partial charge in [-0.15, -0.1) is 0 Å². The van der Waals surface area contributed by atoms with E-state index in [1.54, 1.807) is 24.3 Å². The molecular formula is C14H9BrN2O2. The van der Waals surface area contributed by atoms with Crippen LogP contribution in [0.4, 0.5) is 5.69 Å². The molecule has 94 valence electrons.